The number of carbonyl (C=O) groups excluding carboxylic acids is 1. The number of carboxylic acid groups (broad SMARTS) is 1. The van der Waals surface area contributed by atoms with Gasteiger partial charge in [0.25, 0.3) is 0 Å². The van der Waals surface area contributed by atoms with Crippen molar-refractivity contribution in [2.24, 2.45) is 0 Å². The van der Waals surface area contributed by atoms with Crippen LogP contribution in [0.4, 0.5) is 9.18 Å². The summed E-state index contributed by atoms with van der Waals surface area (Å²) in [5.74, 6) is -0.883. The van der Waals surface area contributed by atoms with E-state index in [2.05, 4.69) is 0 Å². The van der Waals surface area contributed by atoms with Crippen LogP contribution in [0.5, 0.6) is 5.75 Å². The minimum Gasteiger partial charge on any atom is -0.487 e. The molecular formula is C28H25ClFNO5. The van der Waals surface area contributed by atoms with Gasteiger partial charge in [-0.1, -0.05) is 48.0 Å². The molecule has 0 aliphatic heterocycles. The zero-order chi connectivity index (χ0) is 26.0. The molecule has 1 N–H and O–H groups in total. The highest BCUT2D eigenvalue weighted by Gasteiger charge is 2.24. The van der Waals surface area contributed by atoms with Crippen molar-refractivity contribution in [3.05, 3.63) is 88.8 Å². The molecule has 0 unspecified atom stereocenters. The molecule has 1 heterocycles. The molecule has 0 radical (unpaired) electrons. The average Bonchev–Trinajstić information content (AvgIpc) is 3.19. The van der Waals surface area contributed by atoms with Gasteiger partial charge >= 0.3 is 12.1 Å². The van der Waals surface area contributed by atoms with Crippen LogP contribution in [0.2, 0.25) is 5.02 Å². The summed E-state index contributed by atoms with van der Waals surface area (Å²) in [7, 11) is 0. The molecule has 0 amide bonds. The molecule has 4 aromatic rings. The van der Waals surface area contributed by atoms with Gasteiger partial charge in [0.1, 0.15) is 23.8 Å². The van der Waals surface area contributed by atoms with Crippen molar-refractivity contribution in [1.29, 1.82) is 0 Å². The number of aliphatic carboxylic acids is 1. The smallest absolute Gasteiger partial charge is 0.419 e. The first kappa shape index (κ1) is 25.3. The highest BCUT2D eigenvalue weighted by Crippen LogP contribution is 2.31. The maximum absolute atomic E-state index is 14.1. The van der Waals surface area contributed by atoms with E-state index in [-0.39, 0.29) is 18.1 Å². The third-order valence-electron chi connectivity index (χ3n) is 5.41. The lowest BCUT2D eigenvalue weighted by Gasteiger charge is -2.21. The number of benzene rings is 3. The van der Waals surface area contributed by atoms with Crippen LogP contribution in [-0.2, 0) is 22.6 Å². The van der Waals surface area contributed by atoms with E-state index in [1.54, 1.807) is 51.1 Å². The highest BCUT2D eigenvalue weighted by molar-refractivity contribution is 6.35. The molecule has 8 heteroatoms. The summed E-state index contributed by atoms with van der Waals surface area (Å²) in [6, 6.07) is 19.0. The molecule has 0 spiro atoms. The Morgan fingerprint density at radius 3 is 2.17 bits per heavy atom. The number of ether oxygens (including phenoxy) is 2. The van der Waals surface area contributed by atoms with E-state index in [0.29, 0.717) is 22.3 Å². The van der Waals surface area contributed by atoms with Gasteiger partial charge in [0.05, 0.1) is 22.7 Å². The quantitative estimate of drug-likeness (QED) is 0.300. The molecule has 6 nitrogen and oxygen atoms in total. The zero-order valence-electron chi connectivity index (χ0n) is 20.0. The number of hydrogen-bond acceptors (Lipinski definition) is 4. The predicted molar refractivity (Wildman–Crippen MR) is 136 cm³/mol. The fourth-order valence-electron chi connectivity index (χ4n) is 3.79. The molecule has 0 aliphatic rings. The van der Waals surface area contributed by atoms with Crippen molar-refractivity contribution >= 4 is 34.6 Å². The molecule has 0 saturated carbocycles. The summed E-state index contributed by atoms with van der Waals surface area (Å²) in [4.78, 5) is 23.8. The van der Waals surface area contributed by atoms with Crippen LogP contribution >= 0.6 is 11.6 Å². The van der Waals surface area contributed by atoms with E-state index in [1.807, 2.05) is 24.3 Å². The zero-order valence-corrected chi connectivity index (χ0v) is 20.8. The van der Waals surface area contributed by atoms with Crippen molar-refractivity contribution in [2.75, 3.05) is 0 Å². The normalized spacial score (nSPS) is 11.5. The van der Waals surface area contributed by atoms with Crippen LogP contribution in [0.25, 0.3) is 22.0 Å². The number of carboxylic acids is 1. The number of aromatic nitrogens is 1. The number of halogens is 2. The van der Waals surface area contributed by atoms with Gasteiger partial charge in [0.2, 0.25) is 0 Å². The average molecular weight is 510 g/mol. The largest absolute Gasteiger partial charge is 0.487 e. The van der Waals surface area contributed by atoms with Gasteiger partial charge in [-0.3, -0.25) is 4.79 Å². The predicted octanol–water partition coefficient (Wildman–Crippen LogP) is 7.09. The van der Waals surface area contributed by atoms with Crippen molar-refractivity contribution in [2.45, 2.75) is 39.4 Å². The SMILES string of the molecule is CC(C)(C)OC(=O)n1c(COc2ccc(-c3ccc(CC(=O)O)cc3)cc2)cc2c(Cl)c(F)ccc21. The Morgan fingerprint density at radius 1 is 0.972 bits per heavy atom. The summed E-state index contributed by atoms with van der Waals surface area (Å²) in [5.41, 5.74) is 2.77. The third-order valence-corrected chi connectivity index (χ3v) is 5.79. The van der Waals surface area contributed by atoms with Gasteiger partial charge in [-0.2, -0.15) is 0 Å². The number of hydrogen-bond donors (Lipinski definition) is 1. The fraction of sp³-hybridized carbons (Fsp3) is 0.214. The molecule has 0 fully saturated rings. The first-order chi connectivity index (χ1) is 17.0. The maximum Gasteiger partial charge on any atom is 0.419 e. The number of rotatable bonds is 6. The number of fused-ring (bicyclic) bond motifs is 1. The fourth-order valence-corrected chi connectivity index (χ4v) is 4.01. The van der Waals surface area contributed by atoms with Gasteiger partial charge < -0.3 is 14.6 Å². The molecule has 0 aliphatic carbocycles. The molecule has 0 bridgehead atoms. The van der Waals surface area contributed by atoms with Crippen LogP contribution in [0.1, 0.15) is 32.0 Å². The topological polar surface area (TPSA) is 77.8 Å². The molecular weight excluding hydrogens is 485 g/mol. The summed E-state index contributed by atoms with van der Waals surface area (Å²) < 4.78 is 26.9. The van der Waals surface area contributed by atoms with E-state index in [9.17, 15) is 14.0 Å². The van der Waals surface area contributed by atoms with E-state index in [0.717, 1.165) is 16.7 Å². The number of nitrogens with zero attached hydrogens (tertiary/aromatic N) is 1. The molecule has 0 atom stereocenters. The second-order valence-corrected chi connectivity index (χ2v) is 9.70. The van der Waals surface area contributed by atoms with E-state index in [1.165, 1.54) is 16.7 Å². The Kier molecular flexibility index (Phi) is 7.04. The van der Waals surface area contributed by atoms with Crippen molar-refractivity contribution in [1.82, 2.24) is 4.57 Å². The molecule has 36 heavy (non-hydrogen) atoms. The van der Waals surface area contributed by atoms with Gasteiger partial charge in [0, 0.05) is 5.39 Å². The van der Waals surface area contributed by atoms with Crippen LogP contribution in [0, 0.1) is 5.82 Å². The van der Waals surface area contributed by atoms with Crippen molar-refractivity contribution < 1.29 is 28.6 Å². The van der Waals surface area contributed by atoms with Crippen molar-refractivity contribution in [3.8, 4) is 16.9 Å². The Bertz CT molecular complexity index is 1420. The summed E-state index contributed by atoms with van der Waals surface area (Å²) in [6.45, 7) is 5.32. The Hall–Kier alpha value is -3.84. The van der Waals surface area contributed by atoms with Crippen LogP contribution < -0.4 is 4.74 Å². The molecule has 1 aromatic heterocycles. The first-order valence-electron chi connectivity index (χ1n) is 11.3. The van der Waals surface area contributed by atoms with E-state index < -0.39 is 23.5 Å². The first-order valence-corrected chi connectivity index (χ1v) is 11.7. The monoisotopic (exact) mass is 509 g/mol. The summed E-state index contributed by atoms with van der Waals surface area (Å²) >= 11 is 6.17. The second-order valence-electron chi connectivity index (χ2n) is 9.33. The number of carbonyl (C=O) groups is 2. The lowest BCUT2D eigenvalue weighted by molar-refractivity contribution is -0.136. The van der Waals surface area contributed by atoms with Gasteiger partial charge in [-0.05, 0) is 67.8 Å². The minimum atomic E-state index is -0.873. The maximum atomic E-state index is 14.1. The third kappa shape index (κ3) is 5.69. The molecule has 0 saturated heterocycles. The molecule has 186 valence electrons. The van der Waals surface area contributed by atoms with Crippen LogP contribution in [0.3, 0.4) is 0 Å². The highest BCUT2D eigenvalue weighted by atomic mass is 35.5. The summed E-state index contributed by atoms with van der Waals surface area (Å²) in [5, 5.41) is 9.23. The van der Waals surface area contributed by atoms with Crippen LogP contribution in [-0.4, -0.2) is 27.3 Å². The van der Waals surface area contributed by atoms with E-state index >= 15 is 0 Å². The van der Waals surface area contributed by atoms with Gasteiger partial charge in [0.15, 0.2) is 0 Å². The van der Waals surface area contributed by atoms with Crippen LogP contribution in [0.15, 0.2) is 66.7 Å². The standard InChI is InChI=1S/C28H25ClFNO5/c1-28(2,3)36-27(34)31-20(15-22-24(31)13-12-23(30)26(22)29)16-35-21-10-8-19(9-11-21)18-6-4-17(5-7-18)14-25(32)33/h4-13,15H,14,16H2,1-3H3,(H,32,33). The second kappa shape index (κ2) is 10.0. The van der Waals surface area contributed by atoms with Gasteiger partial charge in [-0.15, -0.1) is 0 Å². The molecule has 3 aromatic carbocycles. The lowest BCUT2D eigenvalue weighted by Crippen LogP contribution is -2.28. The minimum absolute atomic E-state index is 0.0229. The Balaban J connectivity index is 1.56. The molecule has 4 rings (SSSR count). The van der Waals surface area contributed by atoms with E-state index in [4.69, 9.17) is 26.2 Å². The Labute approximate surface area is 212 Å². The summed E-state index contributed by atoms with van der Waals surface area (Å²) in [6.07, 6.45) is -0.634. The lowest BCUT2D eigenvalue weighted by atomic mass is 10.0. The van der Waals surface area contributed by atoms with Crippen molar-refractivity contribution in [3.63, 3.8) is 0 Å². The van der Waals surface area contributed by atoms with Gasteiger partial charge in [-0.25, -0.2) is 13.8 Å². The Morgan fingerprint density at radius 2 is 1.58 bits per heavy atom.